The quantitative estimate of drug-likeness (QED) is 0.701. The van der Waals surface area contributed by atoms with Crippen LogP contribution in [0.4, 0.5) is 0 Å². The number of ether oxygens (including phenoxy) is 2. The minimum Gasteiger partial charge on any atom is -0.475 e. The molecule has 1 aliphatic rings. The van der Waals surface area contributed by atoms with E-state index >= 15 is 0 Å². The number of hydrogen-bond acceptors (Lipinski definition) is 7. The summed E-state index contributed by atoms with van der Waals surface area (Å²) in [5.41, 5.74) is 1.06. The van der Waals surface area contributed by atoms with E-state index in [4.69, 9.17) is 14.0 Å². The summed E-state index contributed by atoms with van der Waals surface area (Å²) in [6.07, 6.45) is 3.92. The Bertz CT molecular complexity index is 694. The lowest BCUT2D eigenvalue weighted by Gasteiger charge is -2.29. The number of likely N-dealkylation sites (tertiary alicyclic amines) is 1. The summed E-state index contributed by atoms with van der Waals surface area (Å²) >= 11 is 0. The third-order valence-electron chi connectivity index (χ3n) is 4.30. The van der Waals surface area contributed by atoms with E-state index in [1.807, 2.05) is 12.1 Å². The Kier molecular flexibility index (Phi) is 5.88. The summed E-state index contributed by atoms with van der Waals surface area (Å²) in [4.78, 5) is 11.4. The van der Waals surface area contributed by atoms with Gasteiger partial charge in [0.15, 0.2) is 0 Å². The molecule has 0 aromatic carbocycles. The van der Waals surface area contributed by atoms with Crippen LogP contribution < -0.4 is 4.74 Å². The van der Waals surface area contributed by atoms with Crippen LogP contribution in [0.15, 0.2) is 22.9 Å². The van der Waals surface area contributed by atoms with Crippen molar-refractivity contribution in [3.8, 4) is 17.3 Å². The van der Waals surface area contributed by atoms with Crippen LogP contribution in [0.1, 0.15) is 45.5 Å². The molecular formula is C19H28N4O3. The number of pyridine rings is 1. The predicted molar refractivity (Wildman–Crippen MR) is 97.9 cm³/mol. The molecule has 0 aliphatic carbocycles. The molecule has 7 heteroatoms. The van der Waals surface area contributed by atoms with Gasteiger partial charge in [0.2, 0.25) is 17.6 Å². The van der Waals surface area contributed by atoms with Gasteiger partial charge in [0.25, 0.3) is 0 Å². The maximum Gasteiger partial charge on any atom is 0.244 e. The Labute approximate surface area is 154 Å². The van der Waals surface area contributed by atoms with Crippen molar-refractivity contribution in [3.63, 3.8) is 0 Å². The molecule has 0 spiro atoms. The lowest BCUT2D eigenvalue weighted by Crippen LogP contribution is -2.32. The summed E-state index contributed by atoms with van der Waals surface area (Å²) in [5, 5.41) is 4.15. The van der Waals surface area contributed by atoms with Gasteiger partial charge in [-0.25, -0.2) is 4.98 Å². The molecule has 0 amide bonds. The first-order chi connectivity index (χ1) is 12.5. The summed E-state index contributed by atoms with van der Waals surface area (Å²) in [7, 11) is 1.64. The third-order valence-corrected chi connectivity index (χ3v) is 4.30. The van der Waals surface area contributed by atoms with Crippen molar-refractivity contribution in [1.29, 1.82) is 0 Å². The molecule has 2 aromatic heterocycles. The van der Waals surface area contributed by atoms with Crippen LogP contribution in [-0.2, 0) is 4.74 Å². The van der Waals surface area contributed by atoms with Gasteiger partial charge in [0, 0.05) is 31.5 Å². The van der Waals surface area contributed by atoms with E-state index in [-0.39, 0.29) is 11.5 Å². The van der Waals surface area contributed by atoms with Crippen LogP contribution >= 0.6 is 0 Å². The second kappa shape index (κ2) is 8.14. The molecule has 0 bridgehead atoms. The fraction of sp³-hybridized carbons (Fsp3) is 0.632. The SMILES string of the molecule is COCCOc1ccc(-c2noc([C@@H]3CCCN3CC(C)(C)C)n2)cn1. The van der Waals surface area contributed by atoms with Crippen LogP contribution in [0.3, 0.4) is 0 Å². The molecule has 1 fully saturated rings. The smallest absolute Gasteiger partial charge is 0.244 e. The van der Waals surface area contributed by atoms with E-state index in [2.05, 4.69) is 40.8 Å². The number of hydrogen-bond donors (Lipinski definition) is 0. The zero-order valence-corrected chi connectivity index (χ0v) is 16.1. The Morgan fingerprint density at radius 1 is 1.27 bits per heavy atom. The van der Waals surface area contributed by atoms with E-state index in [9.17, 15) is 0 Å². The molecule has 142 valence electrons. The fourth-order valence-electron chi connectivity index (χ4n) is 3.22. The monoisotopic (exact) mass is 360 g/mol. The van der Waals surface area contributed by atoms with E-state index in [1.165, 1.54) is 0 Å². The van der Waals surface area contributed by atoms with Gasteiger partial charge in [0.1, 0.15) is 6.61 Å². The Balaban J connectivity index is 1.67. The molecule has 0 saturated carbocycles. The van der Waals surface area contributed by atoms with Crippen LogP contribution in [-0.4, -0.2) is 53.4 Å². The first-order valence-corrected chi connectivity index (χ1v) is 9.12. The van der Waals surface area contributed by atoms with Gasteiger partial charge in [-0.1, -0.05) is 25.9 Å². The highest BCUT2D eigenvalue weighted by molar-refractivity contribution is 5.53. The van der Waals surface area contributed by atoms with Crippen molar-refractivity contribution in [1.82, 2.24) is 20.0 Å². The molecule has 1 atom stereocenters. The van der Waals surface area contributed by atoms with Crippen LogP contribution in [0.2, 0.25) is 0 Å². The highest BCUT2D eigenvalue weighted by atomic mass is 16.5. The zero-order valence-electron chi connectivity index (χ0n) is 16.1. The largest absolute Gasteiger partial charge is 0.475 e. The Morgan fingerprint density at radius 2 is 2.12 bits per heavy atom. The second-order valence-corrected chi connectivity index (χ2v) is 7.87. The maximum absolute atomic E-state index is 5.58. The van der Waals surface area contributed by atoms with Gasteiger partial charge in [-0.2, -0.15) is 4.98 Å². The molecule has 0 N–H and O–H groups in total. The van der Waals surface area contributed by atoms with Gasteiger partial charge in [-0.05, 0) is 30.9 Å². The van der Waals surface area contributed by atoms with Crippen LogP contribution in [0, 0.1) is 5.41 Å². The number of aromatic nitrogens is 3. The summed E-state index contributed by atoms with van der Waals surface area (Å²) in [6, 6.07) is 3.91. The average Bonchev–Trinajstić information content (AvgIpc) is 3.23. The van der Waals surface area contributed by atoms with Crippen LogP contribution in [0.25, 0.3) is 11.4 Å². The maximum atomic E-state index is 5.58. The van der Waals surface area contributed by atoms with E-state index in [0.29, 0.717) is 30.8 Å². The molecule has 7 nitrogen and oxygen atoms in total. The predicted octanol–water partition coefficient (Wildman–Crippen LogP) is 3.34. The van der Waals surface area contributed by atoms with Crippen molar-refractivity contribution in [3.05, 3.63) is 24.2 Å². The number of rotatable bonds is 7. The minimum atomic E-state index is 0.208. The molecular weight excluding hydrogens is 332 g/mol. The normalized spacial score (nSPS) is 18.4. The first kappa shape index (κ1) is 18.8. The Hall–Kier alpha value is -1.99. The zero-order chi connectivity index (χ0) is 18.6. The van der Waals surface area contributed by atoms with Gasteiger partial charge < -0.3 is 14.0 Å². The summed E-state index contributed by atoms with van der Waals surface area (Å²) in [6.45, 7) is 9.86. The van der Waals surface area contributed by atoms with E-state index in [1.54, 1.807) is 13.3 Å². The number of methoxy groups -OCH3 is 1. The average molecular weight is 360 g/mol. The highest BCUT2D eigenvalue weighted by Gasteiger charge is 2.33. The van der Waals surface area contributed by atoms with Gasteiger partial charge in [-0.3, -0.25) is 4.90 Å². The third kappa shape index (κ3) is 4.80. The highest BCUT2D eigenvalue weighted by Crippen LogP contribution is 2.34. The van der Waals surface area contributed by atoms with Crippen molar-refractivity contribution in [2.45, 2.75) is 39.7 Å². The van der Waals surface area contributed by atoms with Crippen molar-refractivity contribution in [2.75, 3.05) is 33.4 Å². The lowest BCUT2D eigenvalue weighted by molar-refractivity contribution is 0.144. The minimum absolute atomic E-state index is 0.208. The van der Waals surface area contributed by atoms with Crippen molar-refractivity contribution >= 4 is 0 Å². The number of nitrogens with zero attached hydrogens (tertiary/aromatic N) is 4. The van der Waals surface area contributed by atoms with E-state index < -0.39 is 0 Å². The van der Waals surface area contributed by atoms with Crippen molar-refractivity contribution < 1.29 is 14.0 Å². The molecule has 3 rings (SSSR count). The van der Waals surface area contributed by atoms with Crippen molar-refractivity contribution in [2.24, 2.45) is 5.41 Å². The van der Waals surface area contributed by atoms with Gasteiger partial charge >= 0.3 is 0 Å². The topological polar surface area (TPSA) is 73.5 Å². The fourth-order valence-corrected chi connectivity index (χ4v) is 3.22. The molecule has 1 saturated heterocycles. The molecule has 0 unspecified atom stereocenters. The Morgan fingerprint density at radius 3 is 2.81 bits per heavy atom. The molecule has 26 heavy (non-hydrogen) atoms. The lowest BCUT2D eigenvalue weighted by atomic mass is 9.96. The summed E-state index contributed by atoms with van der Waals surface area (Å²) < 4.78 is 16.0. The summed E-state index contributed by atoms with van der Waals surface area (Å²) in [5.74, 6) is 1.82. The van der Waals surface area contributed by atoms with Crippen LogP contribution in [0.5, 0.6) is 5.88 Å². The molecule has 0 radical (unpaired) electrons. The molecule has 2 aromatic rings. The van der Waals surface area contributed by atoms with E-state index in [0.717, 1.165) is 31.5 Å². The molecule has 3 heterocycles. The molecule has 1 aliphatic heterocycles. The standard InChI is InChI=1S/C19H28N4O3/c1-19(2,3)13-23-9-5-6-15(23)18-21-17(22-26-18)14-7-8-16(20-12-14)25-11-10-24-4/h7-8,12,15H,5-6,9-11,13H2,1-4H3/t15-/m0/s1. The van der Waals surface area contributed by atoms with Gasteiger partial charge in [0.05, 0.1) is 12.6 Å². The first-order valence-electron chi connectivity index (χ1n) is 9.12. The van der Waals surface area contributed by atoms with Gasteiger partial charge in [-0.15, -0.1) is 0 Å². The second-order valence-electron chi connectivity index (χ2n) is 7.87.